The highest BCUT2D eigenvalue weighted by molar-refractivity contribution is 6.20. The van der Waals surface area contributed by atoms with E-state index in [1.165, 1.54) is 32.1 Å². The fraction of sp³-hybridized carbons (Fsp3) is 0.417. The second kappa shape index (κ2) is 9.20. The summed E-state index contributed by atoms with van der Waals surface area (Å²) in [5, 5.41) is 2.88. The number of benzene rings is 1. The summed E-state index contributed by atoms with van der Waals surface area (Å²) in [5.74, 6) is 0.252. The number of rotatable bonds is 5. The molecule has 1 aromatic carbocycles. The molecule has 1 aliphatic carbocycles. The third-order valence-corrected chi connectivity index (χ3v) is 6.09. The SMILES string of the molecule is CN1C(=O)C(NC(=O)CCC2CCCCC2)N=C(c2ccccc2)c2cnccc21. The number of pyridine rings is 1. The molecule has 30 heavy (non-hydrogen) atoms. The molecule has 2 amide bonds. The van der Waals surface area contributed by atoms with Crippen LogP contribution in [-0.4, -0.2) is 35.7 Å². The molecule has 4 rings (SSSR count). The number of nitrogens with one attached hydrogen (secondary N) is 1. The Hall–Kier alpha value is -3.02. The third-order valence-electron chi connectivity index (χ3n) is 6.09. The van der Waals surface area contributed by atoms with Crippen LogP contribution in [0.15, 0.2) is 53.8 Å². The molecule has 2 aromatic rings. The second-order valence-electron chi connectivity index (χ2n) is 8.15. The molecular formula is C24H28N4O2. The van der Waals surface area contributed by atoms with E-state index in [1.54, 1.807) is 30.4 Å². The highest BCUT2D eigenvalue weighted by Gasteiger charge is 2.31. The lowest BCUT2D eigenvalue weighted by atomic mass is 9.86. The van der Waals surface area contributed by atoms with Gasteiger partial charge in [-0.1, -0.05) is 62.4 Å². The maximum absolute atomic E-state index is 13.1. The largest absolute Gasteiger partial charge is 0.327 e. The Morgan fingerprint density at radius 2 is 1.90 bits per heavy atom. The summed E-state index contributed by atoms with van der Waals surface area (Å²) >= 11 is 0. The predicted octanol–water partition coefficient (Wildman–Crippen LogP) is 3.70. The van der Waals surface area contributed by atoms with Gasteiger partial charge in [-0.15, -0.1) is 0 Å². The quantitative estimate of drug-likeness (QED) is 0.826. The van der Waals surface area contributed by atoms with E-state index in [1.807, 2.05) is 30.3 Å². The Labute approximate surface area is 177 Å². The number of anilines is 1. The number of aliphatic imine (C=N–C) groups is 1. The maximum atomic E-state index is 13.1. The standard InChI is InChI=1S/C24H28N4O2/c1-28-20-14-15-25-16-19(20)22(18-10-6-3-7-11-18)27-23(24(28)30)26-21(29)13-12-17-8-4-2-5-9-17/h3,6-7,10-11,14-17,23H,2,4-5,8-9,12-13H2,1H3,(H,26,29). The molecule has 2 heterocycles. The van der Waals surface area contributed by atoms with Crippen LogP contribution in [0, 0.1) is 5.92 Å². The van der Waals surface area contributed by atoms with Gasteiger partial charge in [0.1, 0.15) is 0 Å². The first-order valence-corrected chi connectivity index (χ1v) is 10.8. The number of likely N-dealkylation sites (N-methyl/N-ethyl adjacent to an activating group) is 1. The van der Waals surface area contributed by atoms with Crippen molar-refractivity contribution in [1.82, 2.24) is 10.3 Å². The van der Waals surface area contributed by atoms with Gasteiger partial charge in [-0.05, 0) is 18.4 Å². The molecule has 1 fully saturated rings. The van der Waals surface area contributed by atoms with Crippen LogP contribution < -0.4 is 10.2 Å². The van der Waals surface area contributed by atoms with E-state index in [-0.39, 0.29) is 11.8 Å². The van der Waals surface area contributed by atoms with Crippen LogP contribution in [-0.2, 0) is 9.59 Å². The molecule has 1 aromatic heterocycles. The Balaban J connectivity index is 1.57. The summed E-state index contributed by atoms with van der Waals surface area (Å²) in [7, 11) is 1.71. The monoisotopic (exact) mass is 404 g/mol. The molecule has 6 nitrogen and oxygen atoms in total. The fourth-order valence-corrected chi connectivity index (χ4v) is 4.37. The van der Waals surface area contributed by atoms with Crippen LogP contribution in [0.3, 0.4) is 0 Å². The second-order valence-corrected chi connectivity index (χ2v) is 8.15. The van der Waals surface area contributed by atoms with Crippen molar-refractivity contribution in [2.24, 2.45) is 10.9 Å². The van der Waals surface area contributed by atoms with Gasteiger partial charge in [0.2, 0.25) is 12.1 Å². The topological polar surface area (TPSA) is 74.7 Å². The molecular weight excluding hydrogens is 376 g/mol. The first kappa shape index (κ1) is 20.3. The van der Waals surface area contributed by atoms with Crippen molar-refractivity contribution in [2.75, 3.05) is 11.9 Å². The lowest BCUT2D eigenvalue weighted by Gasteiger charge is -2.22. The number of hydrogen-bond acceptors (Lipinski definition) is 4. The Morgan fingerprint density at radius 3 is 2.67 bits per heavy atom. The van der Waals surface area contributed by atoms with E-state index in [0.717, 1.165) is 23.2 Å². The van der Waals surface area contributed by atoms with Crippen LogP contribution in [0.4, 0.5) is 5.69 Å². The smallest absolute Gasteiger partial charge is 0.272 e. The Kier molecular flexibility index (Phi) is 6.21. The van der Waals surface area contributed by atoms with E-state index in [9.17, 15) is 9.59 Å². The Morgan fingerprint density at radius 1 is 1.13 bits per heavy atom. The summed E-state index contributed by atoms with van der Waals surface area (Å²) in [6, 6.07) is 11.5. The molecule has 0 spiro atoms. The summed E-state index contributed by atoms with van der Waals surface area (Å²) in [5.41, 5.74) is 3.06. The number of aromatic nitrogens is 1. The molecule has 0 radical (unpaired) electrons. The van der Waals surface area contributed by atoms with Crippen molar-refractivity contribution in [2.45, 2.75) is 51.1 Å². The number of fused-ring (bicyclic) bond motifs is 1. The Bertz CT molecular complexity index is 935. The lowest BCUT2D eigenvalue weighted by Crippen LogP contribution is -2.46. The highest BCUT2D eigenvalue weighted by atomic mass is 16.2. The van der Waals surface area contributed by atoms with Gasteiger partial charge in [0.05, 0.1) is 11.4 Å². The van der Waals surface area contributed by atoms with Crippen molar-refractivity contribution in [3.05, 3.63) is 59.9 Å². The molecule has 2 aliphatic rings. The van der Waals surface area contributed by atoms with Gasteiger partial charge in [0.15, 0.2) is 0 Å². The zero-order chi connectivity index (χ0) is 20.9. The zero-order valence-electron chi connectivity index (χ0n) is 17.4. The molecule has 1 N–H and O–H groups in total. The fourth-order valence-electron chi connectivity index (χ4n) is 4.37. The molecule has 1 aliphatic heterocycles. The van der Waals surface area contributed by atoms with Gasteiger partial charge in [-0.3, -0.25) is 14.6 Å². The third kappa shape index (κ3) is 4.42. The number of amides is 2. The van der Waals surface area contributed by atoms with Crippen molar-refractivity contribution < 1.29 is 9.59 Å². The van der Waals surface area contributed by atoms with Crippen LogP contribution in [0.5, 0.6) is 0 Å². The molecule has 6 heteroatoms. The van der Waals surface area contributed by atoms with Crippen LogP contribution in [0.25, 0.3) is 0 Å². The lowest BCUT2D eigenvalue weighted by molar-refractivity contribution is -0.127. The average molecular weight is 405 g/mol. The molecule has 1 unspecified atom stereocenters. The molecule has 0 bridgehead atoms. The van der Waals surface area contributed by atoms with Gasteiger partial charge in [0.25, 0.3) is 5.91 Å². The van der Waals surface area contributed by atoms with Crippen molar-refractivity contribution in [3.8, 4) is 0 Å². The van der Waals surface area contributed by atoms with E-state index in [4.69, 9.17) is 4.99 Å². The maximum Gasteiger partial charge on any atom is 0.272 e. The molecule has 1 saturated carbocycles. The van der Waals surface area contributed by atoms with E-state index in [2.05, 4.69) is 10.3 Å². The number of carbonyl (C=O) groups is 2. The zero-order valence-corrected chi connectivity index (χ0v) is 17.4. The number of carbonyl (C=O) groups excluding carboxylic acids is 2. The number of nitrogens with zero attached hydrogens (tertiary/aromatic N) is 3. The summed E-state index contributed by atoms with van der Waals surface area (Å²) in [6.07, 6.45) is 9.98. The summed E-state index contributed by atoms with van der Waals surface area (Å²) in [6.45, 7) is 0. The van der Waals surface area contributed by atoms with Crippen molar-refractivity contribution >= 4 is 23.2 Å². The number of hydrogen-bond donors (Lipinski definition) is 1. The van der Waals surface area contributed by atoms with Gasteiger partial charge in [-0.2, -0.15) is 0 Å². The van der Waals surface area contributed by atoms with Crippen molar-refractivity contribution in [3.63, 3.8) is 0 Å². The predicted molar refractivity (Wildman–Crippen MR) is 117 cm³/mol. The van der Waals surface area contributed by atoms with Gasteiger partial charge in [-0.25, -0.2) is 4.99 Å². The minimum absolute atomic E-state index is 0.118. The molecule has 156 valence electrons. The average Bonchev–Trinajstić information content (AvgIpc) is 2.90. The normalized spacial score (nSPS) is 19.6. The minimum atomic E-state index is -0.948. The molecule has 1 atom stereocenters. The van der Waals surface area contributed by atoms with Gasteiger partial charge < -0.3 is 10.2 Å². The van der Waals surface area contributed by atoms with Gasteiger partial charge >= 0.3 is 0 Å². The highest BCUT2D eigenvalue weighted by Crippen LogP contribution is 2.28. The summed E-state index contributed by atoms with van der Waals surface area (Å²) < 4.78 is 0. The first-order chi connectivity index (χ1) is 14.6. The van der Waals surface area contributed by atoms with E-state index >= 15 is 0 Å². The molecule has 0 saturated heterocycles. The minimum Gasteiger partial charge on any atom is -0.327 e. The summed E-state index contributed by atoms with van der Waals surface area (Å²) in [4.78, 5) is 36.3. The van der Waals surface area contributed by atoms with Crippen LogP contribution in [0.2, 0.25) is 0 Å². The van der Waals surface area contributed by atoms with E-state index < -0.39 is 6.17 Å². The first-order valence-electron chi connectivity index (χ1n) is 10.8. The van der Waals surface area contributed by atoms with Crippen molar-refractivity contribution in [1.29, 1.82) is 0 Å². The van der Waals surface area contributed by atoms with E-state index in [0.29, 0.717) is 18.1 Å². The van der Waals surface area contributed by atoms with Crippen LogP contribution >= 0.6 is 0 Å². The van der Waals surface area contributed by atoms with Crippen LogP contribution in [0.1, 0.15) is 56.1 Å². The van der Waals surface area contributed by atoms with Gasteiger partial charge in [0, 0.05) is 37.0 Å².